The van der Waals surface area contributed by atoms with E-state index in [0.29, 0.717) is 23.2 Å². The highest BCUT2D eigenvalue weighted by molar-refractivity contribution is 5.77. The van der Waals surface area contributed by atoms with Crippen LogP contribution in [0.15, 0.2) is 67.0 Å². The Morgan fingerprint density at radius 1 is 0.889 bits per heavy atom. The van der Waals surface area contributed by atoms with Gasteiger partial charge in [-0.1, -0.05) is 50.2 Å². The molecule has 3 rings (SSSR count). The molecule has 0 saturated carbocycles. The van der Waals surface area contributed by atoms with Crippen LogP contribution in [0.1, 0.15) is 20.3 Å². The van der Waals surface area contributed by atoms with Crippen molar-refractivity contribution in [3.63, 3.8) is 0 Å². The summed E-state index contributed by atoms with van der Waals surface area (Å²) in [5.41, 5.74) is 12.1. The lowest BCUT2D eigenvalue weighted by Crippen LogP contribution is -2.26. The van der Waals surface area contributed by atoms with Crippen LogP contribution in [0, 0.1) is 5.92 Å². The second kappa shape index (κ2) is 8.89. The van der Waals surface area contributed by atoms with Crippen molar-refractivity contribution in [3.8, 4) is 0 Å². The molecule has 6 heteroatoms. The Hall–Kier alpha value is -3.28. The number of nitrogens with one attached hydrogen (secondary N) is 2. The van der Waals surface area contributed by atoms with Crippen molar-refractivity contribution in [2.45, 2.75) is 20.3 Å². The molecule has 2 aromatic carbocycles. The van der Waals surface area contributed by atoms with Crippen LogP contribution in [0.4, 0.5) is 28.7 Å². The third kappa shape index (κ3) is 4.88. The summed E-state index contributed by atoms with van der Waals surface area (Å²) in [6.07, 6.45) is 2.57. The Morgan fingerprint density at radius 2 is 1.44 bits per heavy atom. The van der Waals surface area contributed by atoms with E-state index in [1.165, 1.54) is 6.33 Å². The monoisotopic (exact) mass is 362 g/mol. The maximum Gasteiger partial charge on any atom is 0.173 e. The van der Waals surface area contributed by atoms with Gasteiger partial charge in [-0.2, -0.15) is 0 Å². The summed E-state index contributed by atoms with van der Waals surface area (Å²) in [4.78, 5) is 8.63. The van der Waals surface area contributed by atoms with E-state index < -0.39 is 0 Å². The third-order valence-corrected chi connectivity index (χ3v) is 4.14. The second-order valence-electron chi connectivity index (χ2n) is 6.71. The summed E-state index contributed by atoms with van der Waals surface area (Å²) < 4.78 is 0. The van der Waals surface area contributed by atoms with Crippen LogP contribution >= 0.6 is 0 Å². The smallest absolute Gasteiger partial charge is 0.173 e. The van der Waals surface area contributed by atoms with E-state index in [0.717, 1.165) is 24.3 Å². The number of nitrogen functional groups attached to an aromatic ring is 1. The molecule has 0 saturated heterocycles. The van der Waals surface area contributed by atoms with Crippen LogP contribution < -0.4 is 21.5 Å². The number of rotatable bonds is 8. The lowest BCUT2D eigenvalue weighted by Gasteiger charge is -2.26. The van der Waals surface area contributed by atoms with Gasteiger partial charge in [0.05, 0.1) is 11.4 Å². The molecule has 0 aliphatic rings. The van der Waals surface area contributed by atoms with Crippen LogP contribution in [0.3, 0.4) is 0 Å². The van der Waals surface area contributed by atoms with Crippen molar-refractivity contribution in [3.05, 3.63) is 67.0 Å². The number of nitrogens with zero attached hydrogens (tertiary/aromatic N) is 3. The summed E-state index contributed by atoms with van der Waals surface area (Å²) >= 11 is 0. The minimum Gasteiger partial charge on any atom is -0.393 e. The van der Waals surface area contributed by atoms with Crippen molar-refractivity contribution in [1.82, 2.24) is 9.97 Å². The maximum atomic E-state index is 6.33. The third-order valence-electron chi connectivity index (χ3n) is 4.14. The van der Waals surface area contributed by atoms with Gasteiger partial charge in [0.2, 0.25) is 0 Å². The number of anilines is 5. The largest absolute Gasteiger partial charge is 0.393 e. The van der Waals surface area contributed by atoms with Gasteiger partial charge in [0, 0.05) is 6.54 Å². The minimum absolute atomic E-state index is 0.498. The Morgan fingerprint density at radius 3 is 2.00 bits per heavy atom. The van der Waals surface area contributed by atoms with E-state index >= 15 is 0 Å². The first kappa shape index (κ1) is 18.5. The molecule has 3 aromatic rings. The van der Waals surface area contributed by atoms with Crippen LogP contribution in [0.2, 0.25) is 0 Å². The van der Waals surface area contributed by atoms with Gasteiger partial charge < -0.3 is 11.1 Å². The van der Waals surface area contributed by atoms with E-state index in [9.17, 15) is 0 Å². The molecule has 0 radical (unpaired) electrons. The zero-order chi connectivity index (χ0) is 19.1. The molecule has 1 aromatic heterocycles. The fraction of sp³-hybridized carbons (Fsp3) is 0.238. The van der Waals surface area contributed by atoms with Gasteiger partial charge in [0.1, 0.15) is 12.0 Å². The fourth-order valence-electron chi connectivity index (χ4n) is 2.64. The van der Waals surface area contributed by atoms with Gasteiger partial charge >= 0.3 is 0 Å². The van der Waals surface area contributed by atoms with Gasteiger partial charge in [-0.3, -0.25) is 10.4 Å². The molecule has 0 aliphatic carbocycles. The minimum atomic E-state index is 0.498. The average molecular weight is 362 g/mol. The molecule has 0 atom stereocenters. The quantitative estimate of drug-likeness (QED) is 0.505. The average Bonchev–Trinajstić information content (AvgIpc) is 2.69. The summed E-state index contributed by atoms with van der Waals surface area (Å²) in [6, 6.07) is 20.1. The first-order valence-corrected chi connectivity index (χ1v) is 9.16. The van der Waals surface area contributed by atoms with Crippen LogP contribution in [0.25, 0.3) is 0 Å². The Labute approximate surface area is 160 Å². The first-order chi connectivity index (χ1) is 13.1. The zero-order valence-corrected chi connectivity index (χ0v) is 15.8. The molecule has 0 aliphatic heterocycles. The zero-order valence-electron chi connectivity index (χ0n) is 15.8. The van der Waals surface area contributed by atoms with Gasteiger partial charge in [0.25, 0.3) is 0 Å². The fourth-order valence-corrected chi connectivity index (χ4v) is 2.64. The molecule has 140 valence electrons. The summed E-state index contributed by atoms with van der Waals surface area (Å²) in [6.45, 7) is 5.20. The molecule has 4 N–H and O–H groups in total. The van der Waals surface area contributed by atoms with Gasteiger partial charge in [-0.15, -0.1) is 0 Å². The summed E-state index contributed by atoms with van der Waals surface area (Å²) in [5.74, 6) is 1.82. The highest BCUT2D eigenvalue weighted by atomic mass is 15.5. The number of benzene rings is 2. The predicted molar refractivity (Wildman–Crippen MR) is 113 cm³/mol. The number of aromatic nitrogens is 2. The SMILES string of the molecule is CC(C)CCNc1ncnc(NN(c2ccccc2)c2ccccc2)c1N. The Bertz CT molecular complexity index is 796. The van der Waals surface area contributed by atoms with Crippen molar-refractivity contribution in [2.75, 3.05) is 28.0 Å². The lowest BCUT2D eigenvalue weighted by atomic mass is 10.1. The van der Waals surface area contributed by atoms with E-state index in [-0.39, 0.29) is 0 Å². The highest BCUT2D eigenvalue weighted by Gasteiger charge is 2.14. The lowest BCUT2D eigenvalue weighted by molar-refractivity contribution is 0.606. The first-order valence-electron chi connectivity index (χ1n) is 9.16. The molecule has 27 heavy (non-hydrogen) atoms. The van der Waals surface area contributed by atoms with E-state index in [4.69, 9.17) is 5.73 Å². The number of para-hydroxylation sites is 2. The van der Waals surface area contributed by atoms with E-state index in [1.807, 2.05) is 65.7 Å². The number of hydrogen-bond donors (Lipinski definition) is 3. The van der Waals surface area contributed by atoms with Crippen molar-refractivity contribution >= 4 is 28.7 Å². The Balaban J connectivity index is 1.86. The number of nitrogens with two attached hydrogens (primary N) is 1. The second-order valence-corrected chi connectivity index (χ2v) is 6.71. The number of hydrazine groups is 1. The molecule has 6 nitrogen and oxygen atoms in total. The molecule has 0 amide bonds. The van der Waals surface area contributed by atoms with Crippen LogP contribution in [0.5, 0.6) is 0 Å². The van der Waals surface area contributed by atoms with E-state index in [2.05, 4.69) is 34.6 Å². The van der Waals surface area contributed by atoms with Gasteiger partial charge in [0.15, 0.2) is 11.6 Å². The van der Waals surface area contributed by atoms with Crippen LogP contribution in [-0.2, 0) is 0 Å². The standard InChI is InChI=1S/C21H26N6/c1-16(2)13-14-23-20-19(22)21(25-15-24-20)26-27(17-9-5-3-6-10-17)18-11-7-4-8-12-18/h3-12,15-16H,13-14,22H2,1-2H3,(H2,23,24,25,26). The molecule has 0 bridgehead atoms. The van der Waals surface area contributed by atoms with Crippen molar-refractivity contribution in [2.24, 2.45) is 5.92 Å². The molecule has 0 spiro atoms. The number of hydrogen-bond acceptors (Lipinski definition) is 6. The maximum absolute atomic E-state index is 6.33. The van der Waals surface area contributed by atoms with Gasteiger partial charge in [-0.25, -0.2) is 9.97 Å². The predicted octanol–water partition coefficient (Wildman–Crippen LogP) is 4.68. The van der Waals surface area contributed by atoms with Crippen molar-refractivity contribution < 1.29 is 0 Å². The molecule has 0 fully saturated rings. The topological polar surface area (TPSA) is 79.1 Å². The van der Waals surface area contributed by atoms with Crippen molar-refractivity contribution in [1.29, 1.82) is 0 Å². The van der Waals surface area contributed by atoms with E-state index in [1.54, 1.807) is 0 Å². The summed E-state index contributed by atoms with van der Waals surface area (Å²) in [7, 11) is 0. The van der Waals surface area contributed by atoms with Crippen LogP contribution in [-0.4, -0.2) is 16.5 Å². The molecule has 0 unspecified atom stereocenters. The summed E-state index contributed by atoms with van der Waals surface area (Å²) in [5, 5.41) is 5.26. The van der Waals surface area contributed by atoms with Gasteiger partial charge in [-0.05, 0) is 36.6 Å². The molecular formula is C21H26N6. The molecule has 1 heterocycles. The molecular weight excluding hydrogens is 336 g/mol. The highest BCUT2D eigenvalue weighted by Crippen LogP contribution is 2.29. The normalized spacial score (nSPS) is 10.6. The Kier molecular flexibility index (Phi) is 6.10.